The maximum Gasteiger partial charge on any atom is 0.0391 e. The van der Waals surface area contributed by atoms with Crippen molar-refractivity contribution in [1.82, 2.24) is 5.32 Å². The second-order valence-electron chi connectivity index (χ2n) is 7.08. The van der Waals surface area contributed by atoms with Crippen LogP contribution < -0.4 is 5.32 Å². The van der Waals surface area contributed by atoms with Gasteiger partial charge < -0.3 is 5.32 Å². The van der Waals surface area contributed by atoms with Crippen LogP contribution in [0.15, 0.2) is 24.3 Å². The molecule has 3 rings (SSSR count). The van der Waals surface area contributed by atoms with Gasteiger partial charge in [0.15, 0.2) is 0 Å². The van der Waals surface area contributed by atoms with Crippen molar-refractivity contribution in [3.05, 3.63) is 34.7 Å². The van der Waals surface area contributed by atoms with Crippen LogP contribution in [0.5, 0.6) is 0 Å². The van der Waals surface area contributed by atoms with Crippen LogP contribution in [0.3, 0.4) is 0 Å². The topological polar surface area (TPSA) is 12.0 Å². The molecule has 2 aromatic rings. The second kappa shape index (κ2) is 5.16. The lowest BCUT2D eigenvalue weighted by Gasteiger charge is -2.21. The first-order valence-corrected chi connectivity index (χ1v) is 8.52. The molecule has 0 amide bonds. The lowest BCUT2D eigenvalue weighted by atomic mass is 9.92. The molecule has 0 radical (unpaired) electrons. The molecule has 0 bridgehead atoms. The fourth-order valence-electron chi connectivity index (χ4n) is 3.61. The number of fused-ring (bicyclic) bond motifs is 1. The fraction of sp³-hybridized carbons (Fsp3) is 0.556. The summed E-state index contributed by atoms with van der Waals surface area (Å²) in [6.45, 7) is 9.38. The van der Waals surface area contributed by atoms with Crippen molar-refractivity contribution < 1.29 is 0 Å². The molecule has 2 heteroatoms. The first-order chi connectivity index (χ1) is 9.46. The first kappa shape index (κ1) is 14.1. The minimum Gasteiger partial charge on any atom is -0.307 e. The van der Waals surface area contributed by atoms with E-state index in [4.69, 9.17) is 0 Å². The minimum absolute atomic E-state index is 0.464. The lowest BCUT2D eigenvalue weighted by Crippen LogP contribution is -2.29. The van der Waals surface area contributed by atoms with E-state index in [1.807, 2.05) is 11.3 Å². The maximum absolute atomic E-state index is 3.86. The Morgan fingerprint density at radius 1 is 1.30 bits per heavy atom. The first-order valence-electron chi connectivity index (χ1n) is 7.70. The van der Waals surface area contributed by atoms with Gasteiger partial charge in [0.25, 0.3) is 0 Å². The van der Waals surface area contributed by atoms with Gasteiger partial charge in [-0.15, -0.1) is 11.3 Å². The predicted molar refractivity (Wildman–Crippen MR) is 89.5 cm³/mol. The van der Waals surface area contributed by atoms with E-state index in [2.05, 4.69) is 57.3 Å². The van der Waals surface area contributed by atoms with Gasteiger partial charge in [-0.25, -0.2) is 0 Å². The van der Waals surface area contributed by atoms with Crippen molar-refractivity contribution in [2.45, 2.75) is 59.0 Å². The highest BCUT2D eigenvalue weighted by Gasteiger charge is 2.31. The molecule has 1 aromatic heterocycles. The van der Waals surface area contributed by atoms with Crippen LogP contribution in [0.4, 0.5) is 0 Å². The molecule has 0 saturated heterocycles. The molecule has 1 nitrogen and oxygen atoms in total. The molecule has 2 unspecified atom stereocenters. The van der Waals surface area contributed by atoms with Gasteiger partial charge in [0.1, 0.15) is 0 Å². The summed E-state index contributed by atoms with van der Waals surface area (Å²) in [5, 5.41) is 5.29. The van der Waals surface area contributed by atoms with E-state index in [1.165, 1.54) is 39.8 Å². The zero-order valence-electron chi connectivity index (χ0n) is 13.0. The maximum atomic E-state index is 3.86. The van der Waals surface area contributed by atoms with Crippen LogP contribution in [-0.4, -0.2) is 6.04 Å². The van der Waals surface area contributed by atoms with E-state index in [-0.39, 0.29) is 0 Å². The van der Waals surface area contributed by atoms with Crippen LogP contribution in [0.25, 0.3) is 10.1 Å². The Hall–Kier alpha value is -0.860. The van der Waals surface area contributed by atoms with Crippen molar-refractivity contribution >= 4 is 21.4 Å². The molecule has 1 heterocycles. The molecule has 2 atom stereocenters. The number of thiophene rings is 1. The zero-order chi connectivity index (χ0) is 14.3. The SMILES string of the molecule is Cc1c(C(C)NC2CCC(C)(C)C2)sc2ccccc12. The fourth-order valence-corrected chi connectivity index (χ4v) is 4.84. The Kier molecular flexibility index (Phi) is 3.64. The summed E-state index contributed by atoms with van der Waals surface area (Å²) >= 11 is 1.95. The monoisotopic (exact) mass is 287 g/mol. The van der Waals surface area contributed by atoms with E-state index in [1.54, 1.807) is 0 Å². The number of hydrogen-bond donors (Lipinski definition) is 1. The summed E-state index contributed by atoms with van der Waals surface area (Å²) in [6.07, 6.45) is 3.98. The molecule has 0 spiro atoms. The third-order valence-corrected chi connectivity index (χ3v) is 6.18. The van der Waals surface area contributed by atoms with Gasteiger partial charge >= 0.3 is 0 Å². The largest absolute Gasteiger partial charge is 0.307 e. The van der Waals surface area contributed by atoms with Crippen LogP contribution >= 0.6 is 11.3 Å². The van der Waals surface area contributed by atoms with Crippen molar-refractivity contribution in [1.29, 1.82) is 0 Å². The summed E-state index contributed by atoms with van der Waals surface area (Å²) in [7, 11) is 0. The second-order valence-corrected chi connectivity index (χ2v) is 8.16. The molecule has 1 aliphatic carbocycles. The highest BCUT2D eigenvalue weighted by molar-refractivity contribution is 7.19. The summed E-state index contributed by atoms with van der Waals surface area (Å²) in [5.74, 6) is 0. The van der Waals surface area contributed by atoms with Crippen LogP contribution in [0.2, 0.25) is 0 Å². The summed E-state index contributed by atoms with van der Waals surface area (Å²) in [4.78, 5) is 1.51. The molecule has 20 heavy (non-hydrogen) atoms. The summed E-state index contributed by atoms with van der Waals surface area (Å²) in [5.41, 5.74) is 1.98. The molecule has 1 saturated carbocycles. The van der Waals surface area contributed by atoms with Gasteiger partial charge in [0.05, 0.1) is 0 Å². The van der Waals surface area contributed by atoms with Crippen LogP contribution in [-0.2, 0) is 0 Å². The van der Waals surface area contributed by atoms with Gasteiger partial charge in [0, 0.05) is 21.7 Å². The van der Waals surface area contributed by atoms with Gasteiger partial charge in [-0.2, -0.15) is 0 Å². The van der Waals surface area contributed by atoms with E-state index >= 15 is 0 Å². The normalized spacial score (nSPS) is 23.3. The smallest absolute Gasteiger partial charge is 0.0391 e. The van der Waals surface area contributed by atoms with Crippen molar-refractivity contribution in [3.63, 3.8) is 0 Å². The molecular weight excluding hydrogens is 262 g/mol. The number of hydrogen-bond acceptors (Lipinski definition) is 2. The van der Waals surface area contributed by atoms with E-state index in [0.717, 1.165) is 0 Å². The molecule has 1 aromatic carbocycles. The summed E-state index contributed by atoms with van der Waals surface area (Å²) < 4.78 is 1.42. The van der Waals surface area contributed by atoms with Crippen LogP contribution in [0.1, 0.15) is 56.5 Å². The molecule has 1 N–H and O–H groups in total. The number of benzene rings is 1. The molecule has 1 fully saturated rings. The van der Waals surface area contributed by atoms with Crippen molar-refractivity contribution in [2.24, 2.45) is 5.41 Å². The summed E-state index contributed by atoms with van der Waals surface area (Å²) in [6, 6.07) is 9.91. The number of nitrogens with one attached hydrogen (secondary N) is 1. The van der Waals surface area contributed by atoms with Crippen LogP contribution in [0, 0.1) is 12.3 Å². The third kappa shape index (κ3) is 2.64. The van der Waals surface area contributed by atoms with Gasteiger partial charge in [0.2, 0.25) is 0 Å². The van der Waals surface area contributed by atoms with Gasteiger partial charge in [-0.1, -0.05) is 32.0 Å². The zero-order valence-corrected chi connectivity index (χ0v) is 13.8. The third-order valence-electron chi connectivity index (χ3n) is 4.73. The van der Waals surface area contributed by atoms with E-state index < -0.39 is 0 Å². The Balaban J connectivity index is 1.79. The van der Waals surface area contributed by atoms with Gasteiger partial charge in [-0.3, -0.25) is 0 Å². The highest BCUT2D eigenvalue weighted by atomic mass is 32.1. The quantitative estimate of drug-likeness (QED) is 0.792. The Morgan fingerprint density at radius 3 is 2.70 bits per heavy atom. The Labute approximate surface area is 126 Å². The molecule has 0 aliphatic heterocycles. The lowest BCUT2D eigenvalue weighted by molar-refractivity contribution is 0.357. The number of aryl methyl sites for hydroxylation is 1. The Bertz CT molecular complexity index is 611. The Morgan fingerprint density at radius 2 is 2.05 bits per heavy atom. The number of rotatable bonds is 3. The van der Waals surface area contributed by atoms with E-state index in [9.17, 15) is 0 Å². The standard InChI is InChI=1S/C18H25NS/c1-12-15-7-5-6-8-16(15)20-17(12)13(2)19-14-9-10-18(3,4)11-14/h5-8,13-14,19H,9-11H2,1-4H3. The average Bonchev–Trinajstić information content (AvgIpc) is 2.91. The van der Waals surface area contributed by atoms with Crippen molar-refractivity contribution in [2.75, 3.05) is 0 Å². The molecule has 108 valence electrons. The highest BCUT2D eigenvalue weighted by Crippen LogP contribution is 2.39. The van der Waals surface area contributed by atoms with Gasteiger partial charge in [-0.05, 0) is 55.5 Å². The van der Waals surface area contributed by atoms with Crippen molar-refractivity contribution in [3.8, 4) is 0 Å². The predicted octanol–water partition coefficient (Wildman–Crippen LogP) is 5.44. The minimum atomic E-state index is 0.464. The molecule has 1 aliphatic rings. The molecular formula is C18H25NS. The van der Waals surface area contributed by atoms with E-state index in [0.29, 0.717) is 17.5 Å². The average molecular weight is 287 g/mol.